The summed E-state index contributed by atoms with van der Waals surface area (Å²) in [6.45, 7) is 7.86. The maximum absolute atomic E-state index is 13.5. The molecule has 0 radical (unpaired) electrons. The Morgan fingerprint density at radius 2 is 1.85 bits per heavy atom. The zero-order valence-corrected chi connectivity index (χ0v) is 20.6. The SMILES string of the molecule is Cc1cc(C)cc(OC(C)C(=O)N(Cc2ccc(N3CCCCC3)o2)C2CCS(=O)(=O)C2)c1. The summed E-state index contributed by atoms with van der Waals surface area (Å²) in [5.74, 6) is 1.96. The Morgan fingerprint density at radius 1 is 1.15 bits per heavy atom. The highest BCUT2D eigenvalue weighted by atomic mass is 32.2. The van der Waals surface area contributed by atoms with Crippen molar-refractivity contribution in [3.05, 3.63) is 47.2 Å². The van der Waals surface area contributed by atoms with Crippen molar-refractivity contribution in [2.45, 2.75) is 65.1 Å². The average Bonchev–Trinajstić information content (AvgIpc) is 3.37. The summed E-state index contributed by atoms with van der Waals surface area (Å²) in [6.07, 6.45) is 3.22. The minimum Gasteiger partial charge on any atom is -0.481 e. The van der Waals surface area contributed by atoms with Gasteiger partial charge in [-0.25, -0.2) is 8.42 Å². The molecule has 1 amide bonds. The monoisotopic (exact) mass is 474 g/mol. The quantitative estimate of drug-likeness (QED) is 0.606. The van der Waals surface area contributed by atoms with E-state index < -0.39 is 15.9 Å². The number of hydrogen-bond acceptors (Lipinski definition) is 6. The first kappa shape index (κ1) is 23.7. The largest absolute Gasteiger partial charge is 0.481 e. The number of sulfone groups is 1. The molecule has 4 rings (SSSR count). The van der Waals surface area contributed by atoms with Crippen LogP contribution in [0.3, 0.4) is 0 Å². The number of rotatable bonds is 7. The van der Waals surface area contributed by atoms with Crippen LogP contribution in [0.1, 0.15) is 49.5 Å². The molecule has 2 aliphatic rings. The molecule has 2 aliphatic heterocycles. The second-order valence-electron chi connectivity index (χ2n) is 9.39. The lowest BCUT2D eigenvalue weighted by molar-refractivity contribution is -0.140. The molecule has 0 N–H and O–H groups in total. The Bertz CT molecular complexity index is 1070. The van der Waals surface area contributed by atoms with Gasteiger partial charge in [-0.2, -0.15) is 0 Å². The highest BCUT2D eigenvalue weighted by Gasteiger charge is 2.37. The fraction of sp³-hybridized carbons (Fsp3) is 0.560. The van der Waals surface area contributed by atoms with Crippen LogP contribution in [0.4, 0.5) is 5.88 Å². The van der Waals surface area contributed by atoms with Crippen LogP contribution < -0.4 is 9.64 Å². The van der Waals surface area contributed by atoms with Crippen LogP contribution >= 0.6 is 0 Å². The standard InChI is InChI=1S/C25H34N2O5S/c1-18-13-19(2)15-23(14-18)31-20(3)25(28)27(21-9-12-33(29,30)17-21)16-22-7-8-24(32-22)26-10-5-4-6-11-26/h7-8,13-15,20-21H,4-6,9-12,16-17H2,1-3H3. The summed E-state index contributed by atoms with van der Waals surface area (Å²) < 4.78 is 36.4. The van der Waals surface area contributed by atoms with Crippen molar-refractivity contribution in [2.75, 3.05) is 29.5 Å². The smallest absolute Gasteiger partial charge is 0.264 e. The van der Waals surface area contributed by atoms with Crippen LogP contribution in [-0.2, 0) is 21.2 Å². The van der Waals surface area contributed by atoms with Gasteiger partial charge in [-0.15, -0.1) is 0 Å². The molecular formula is C25H34N2O5S. The van der Waals surface area contributed by atoms with E-state index in [1.165, 1.54) is 6.42 Å². The molecule has 7 nitrogen and oxygen atoms in total. The number of amides is 1. The topological polar surface area (TPSA) is 80.1 Å². The van der Waals surface area contributed by atoms with Crippen LogP contribution in [-0.4, -0.2) is 56.0 Å². The molecule has 180 valence electrons. The third-order valence-electron chi connectivity index (χ3n) is 6.43. The minimum absolute atomic E-state index is 0.0191. The van der Waals surface area contributed by atoms with Crippen molar-refractivity contribution in [1.29, 1.82) is 0 Å². The fourth-order valence-electron chi connectivity index (χ4n) is 4.80. The van der Waals surface area contributed by atoms with E-state index in [2.05, 4.69) is 4.90 Å². The molecule has 2 saturated heterocycles. The Hall–Kier alpha value is -2.48. The van der Waals surface area contributed by atoms with Crippen molar-refractivity contribution in [1.82, 2.24) is 4.90 Å². The van der Waals surface area contributed by atoms with Crippen molar-refractivity contribution in [3.8, 4) is 5.75 Å². The van der Waals surface area contributed by atoms with Crippen LogP contribution in [0.25, 0.3) is 0 Å². The number of carbonyl (C=O) groups is 1. The fourth-order valence-corrected chi connectivity index (χ4v) is 6.53. The van der Waals surface area contributed by atoms with Crippen molar-refractivity contribution >= 4 is 21.6 Å². The number of hydrogen-bond donors (Lipinski definition) is 0. The van der Waals surface area contributed by atoms with Gasteiger partial charge in [-0.05, 0) is 75.8 Å². The summed E-state index contributed by atoms with van der Waals surface area (Å²) in [4.78, 5) is 17.3. The predicted octanol–water partition coefficient (Wildman–Crippen LogP) is 3.87. The van der Waals surface area contributed by atoms with E-state index in [4.69, 9.17) is 9.15 Å². The summed E-state index contributed by atoms with van der Waals surface area (Å²) in [6, 6.07) is 9.31. The first-order valence-electron chi connectivity index (χ1n) is 11.8. The van der Waals surface area contributed by atoms with Gasteiger partial charge in [0.1, 0.15) is 11.5 Å². The highest BCUT2D eigenvalue weighted by Crippen LogP contribution is 2.27. The number of furan rings is 1. The van der Waals surface area contributed by atoms with Gasteiger partial charge in [0, 0.05) is 25.2 Å². The lowest BCUT2D eigenvalue weighted by atomic mass is 10.1. The third-order valence-corrected chi connectivity index (χ3v) is 8.18. The summed E-state index contributed by atoms with van der Waals surface area (Å²) in [5, 5.41) is 0. The van der Waals surface area contributed by atoms with E-state index in [1.54, 1.807) is 11.8 Å². The second kappa shape index (κ2) is 9.79. The lowest BCUT2D eigenvalue weighted by Gasteiger charge is -2.30. The Balaban J connectivity index is 1.52. The van der Waals surface area contributed by atoms with Gasteiger partial charge in [0.2, 0.25) is 0 Å². The molecule has 2 aromatic rings. The molecule has 8 heteroatoms. The Kier molecular flexibility index (Phi) is 7.02. The molecule has 3 heterocycles. The summed E-state index contributed by atoms with van der Waals surface area (Å²) >= 11 is 0. The maximum atomic E-state index is 13.5. The van der Waals surface area contributed by atoms with Gasteiger partial charge in [0.25, 0.3) is 5.91 Å². The van der Waals surface area contributed by atoms with Gasteiger partial charge in [-0.1, -0.05) is 6.07 Å². The van der Waals surface area contributed by atoms with E-state index in [-0.39, 0.29) is 30.0 Å². The van der Waals surface area contributed by atoms with Crippen LogP contribution in [0.5, 0.6) is 5.75 Å². The number of anilines is 1. The molecule has 1 aromatic heterocycles. The molecule has 0 bridgehead atoms. The van der Waals surface area contributed by atoms with Crippen LogP contribution in [0.15, 0.2) is 34.7 Å². The first-order chi connectivity index (χ1) is 15.7. The predicted molar refractivity (Wildman–Crippen MR) is 128 cm³/mol. The van der Waals surface area contributed by atoms with Crippen molar-refractivity contribution in [2.24, 2.45) is 0 Å². The third kappa shape index (κ3) is 5.91. The zero-order chi connectivity index (χ0) is 23.6. The maximum Gasteiger partial charge on any atom is 0.264 e. The normalized spacial score (nSPS) is 21.1. The lowest BCUT2D eigenvalue weighted by Crippen LogP contribution is -2.46. The van der Waals surface area contributed by atoms with E-state index in [1.807, 2.05) is 44.2 Å². The second-order valence-corrected chi connectivity index (χ2v) is 11.6. The van der Waals surface area contributed by atoms with E-state index >= 15 is 0 Å². The first-order valence-corrected chi connectivity index (χ1v) is 13.6. The molecule has 0 spiro atoms. The molecule has 0 aliphatic carbocycles. The van der Waals surface area contributed by atoms with Crippen molar-refractivity contribution in [3.63, 3.8) is 0 Å². The number of ether oxygens (including phenoxy) is 1. The molecule has 2 fully saturated rings. The molecule has 2 unspecified atom stereocenters. The van der Waals surface area contributed by atoms with E-state index in [0.717, 1.165) is 42.9 Å². The molecule has 2 atom stereocenters. The number of aryl methyl sites for hydroxylation is 2. The number of nitrogens with zero attached hydrogens (tertiary/aromatic N) is 2. The van der Waals surface area contributed by atoms with E-state index in [0.29, 0.717) is 17.9 Å². The number of piperidine rings is 1. The Morgan fingerprint density at radius 3 is 2.48 bits per heavy atom. The van der Waals surface area contributed by atoms with E-state index in [9.17, 15) is 13.2 Å². The molecular weight excluding hydrogens is 440 g/mol. The Labute approximate surface area is 196 Å². The van der Waals surface area contributed by atoms with Gasteiger partial charge < -0.3 is 19.0 Å². The molecule has 1 aromatic carbocycles. The number of benzene rings is 1. The van der Waals surface area contributed by atoms with Crippen LogP contribution in [0, 0.1) is 13.8 Å². The van der Waals surface area contributed by atoms with Gasteiger partial charge >= 0.3 is 0 Å². The summed E-state index contributed by atoms with van der Waals surface area (Å²) in [7, 11) is -3.15. The van der Waals surface area contributed by atoms with Gasteiger partial charge in [0.15, 0.2) is 21.8 Å². The van der Waals surface area contributed by atoms with Crippen LogP contribution in [0.2, 0.25) is 0 Å². The molecule has 33 heavy (non-hydrogen) atoms. The molecule has 0 saturated carbocycles. The highest BCUT2D eigenvalue weighted by molar-refractivity contribution is 7.91. The zero-order valence-electron chi connectivity index (χ0n) is 19.7. The van der Waals surface area contributed by atoms with Gasteiger partial charge in [0.05, 0.1) is 18.1 Å². The average molecular weight is 475 g/mol. The van der Waals surface area contributed by atoms with Gasteiger partial charge in [-0.3, -0.25) is 4.79 Å². The van der Waals surface area contributed by atoms with Crippen molar-refractivity contribution < 1.29 is 22.4 Å². The number of carbonyl (C=O) groups excluding carboxylic acids is 1. The minimum atomic E-state index is -3.15. The summed E-state index contributed by atoms with van der Waals surface area (Å²) in [5.41, 5.74) is 2.12.